The average Bonchev–Trinajstić information content (AvgIpc) is 3.15. The summed E-state index contributed by atoms with van der Waals surface area (Å²) in [7, 11) is 0. The lowest BCUT2D eigenvalue weighted by molar-refractivity contribution is -0.151. The molecule has 1 heterocycles. The van der Waals surface area contributed by atoms with E-state index in [1.165, 1.54) is 4.90 Å². The maximum absolute atomic E-state index is 13.3. The molecule has 1 aliphatic rings. The van der Waals surface area contributed by atoms with Gasteiger partial charge in [0.25, 0.3) is 5.91 Å². The van der Waals surface area contributed by atoms with Crippen LogP contribution in [-0.4, -0.2) is 40.1 Å². The lowest BCUT2D eigenvalue weighted by atomic mass is 9.83. The third-order valence-electron chi connectivity index (χ3n) is 5.75. The Kier molecular flexibility index (Phi) is 6.79. The molecule has 0 aromatic heterocycles. The first-order valence-electron chi connectivity index (χ1n) is 9.91. The van der Waals surface area contributed by atoms with Gasteiger partial charge in [-0.3, -0.25) is 14.4 Å². The molecule has 1 N–H and O–H groups in total. The molecular formula is C22H31NO4. The van der Waals surface area contributed by atoms with Crippen molar-refractivity contribution >= 4 is 17.5 Å². The molecule has 5 heteroatoms. The number of likely N-dealkylation sites (tertiary alicyclic amines) is 1. The molecule has 5 nitrogen and oxygen atoms in total. The zero-order valence-electron chi connectivity index (χ0n) is 16.8. The number of rotatable bonds is 8. The van der Waals surface area contributed by atoms with E-state index in [-0.39, 0.29) is 17.5 Å². The van der Waals surface area contributed by atoms with Crippen molar-refractivity contribution in [2.75, 3.05) is 6.54 Å². The molecular weight excluding hydrogens is 342 g/mol. The van der Waals surface area contributed by atoms with Gasteiger partial charge in [0, 0.05) is 17.9 Å². The summed E-state index contributed by atoms with van der Waals surface area (Å²) in [5.41, 5.74) is 0.131. The highest BCUT2D eigenvalue weighted by Gasteiger charge is 2.42. The van der Waals surface area contributed by atoms with Crippen molar-refractivity contribution in [3.63, 3.8) is 0 Å². The van der Waals surface area contributed by atoms with Gasteiger partial charge < -0.3 is 10.0 Å². The van der Waals surface area contributed by atoms with Crippen LogP contribution in [0, 0.1) is 5.41 Å². The number of nitrogens with zero attached hydrogens (tertiary/aromatic N) is 1. The number of aromatic hydroxyl groups is 1. The fraction of sp³-hybridized carbons (Fsp3) is 0.591. The van der Waals surface area contributed by atoms with Crippen molar-refractivity contribution in [3.05, 3.63) is 29.8 Å². The quantitative estimate of drug-likeness (QED) is 0.703. The highest BCUT2D eigenvalue weighted by Crippen LogP contribution is 2.31. The first-order chi connectivity index (χ1) is 12.7. The molecule has 0 aliphatic carbocycles. The second kappa shape index (κ2) is 8.68. The van der Waals surface area contributed by atoms with E-state index >= 15 is 0 Å². The minimum Gasteiger partial charge on any atom is -0.508 e. The van der Waals surface area contributed by atoms with Crippen molar-refractivity contribution < 1.29 is 19.5 Å². The molecule has 1 saturated heterocycles. The molecule has 2 atom stereocenters. The van der Waals surface area contributed by atoms with Gasteiger partial charge in [-0.15, -0.1) is 0 Å². The van der Waals surface area contributed by atoms with Crippen LogP contribution >= 0.6 is 0 Å². The van der Waals surface area contributed by atoms with Crippen molar-refractivity contribution in [2.24, 2.45) is 5.41 Å². The molecule has 0 bridgehead atoms. The van der Waals surface area contributed by atoms with Crippen molar-refractivity contribution in [1.82, 2.24) is 4.90 Å². The van der Waals surface area contributed by atoms with Gasteiger partial charge in [0.2, 0.25) is 5.78 Å². The first kappa shape index (κ1) is 21.1. The molecule has 0 spiro atoms. The van der Waals surface area contributed by atoms with E-state index in [4.69, 9.17) is 0 Å². The number of carbonyl (C=O) groups excluding carboxylic acids is 3. The van der Waals surface area contributed by atoms with Gasteiger partial charge in [-0.05, 0) is 43.4 Å². The Morgan fingerprint density at radius 2 is 1.81 bits per heavy atom. The lowest BCUT2D eigenvalue weighted by Gasteiger charge is -2.29. The summed E-state index contributed by atoms with van der Waals surface area (Å²) in [5.74, 6) is -1.12. The Morgan fingerprint density at radius 3 is 2.37 bits per heavy atom. The summed E-state index contributed by atoms with van der Waals surface area (Å²) in [6.07, 6.45) is 3.42. The Morgan fingerprint density at radius 1 is 1.19 bits per heavy atom. The minimum atomic E-state index is -0.715. The van der Waals surface area contributed by atoms with Gasteiger partial charge in [0.1, 0.15) is 5.75 Å². The number of carbonyl (C=O) groups is 3. The van der Waals surface area contributed by atoms with Crippen LogP contribution in [0.4, 0.5) is 0 Å². The van der Waals surface area contributed by atoms with Crippen LogP contribution in [0.1, 0.15) is 71.3 Å². The Balaban J connectivity index is 2.25. The first-order valence-corrected chi connectivity index (χ1v) is 9.91. The molecule has 1 amide bonds. The van der Waals surface area contributed by atoms with Crippen LogP contribution in [0.15, 0.2) is 24.3 Å². The van der Waals surface area contributed by atoms with E-state index in [2.05, 4.69) is 0 Å². The smallest absolute Gasteiger partial charge is 0.291 e. The fourth-order valence-corrected chi connectivity index (χ4v) is 3.59. The number of benzene rings is 1. The summed E-state index contributed by atoms with van der Waals surface area (Å²) in [6, 6.07) is 6.14. The van der Waals surface area contributed by atoms with E-state index in [1.807, 2.05) is 13.8 Å². The summed E-state index contributed by atoms with van der Waals surface area (Å²) < 4.78 is 0. The standard InChI is InChI=1S/C22H31NO4/c1-5-8-17(15-10-12-16(24)13-11-15)19(25)18-9-7-14-23(18)21(27)20(26)22(3,4)6-2/h10-13,17-18,24H,5-9,14H2,1-4H3. The highest BCUT2D eigenvalue weighted by atomic mass is 16.3. The Bertz CT molecular complexity index is 693. The number of hydrogen-bond donors (Lipinski definition) is 1. The Hall–Kier alpha value is -2.17. The van der Waals surface area contributed by atoms with E-state index < -0.39 is 23.1 Å². The number of phenolic OH excluding ortho intramolecular Hbond substituents is 1. The van der Waals surface area contributed by atoms with Gasteiger partial charge in [-0.1, -0.05) is 46.2 Å². The monoisotopic (exact) mass is 373 g/mol. The zero-order valence-corrected chi connectivity index (χ0v) is 16.8. The summed E-state index contributed by atoms with van der Waals surface area (Å²) in [6.45, 7) is 7.91. The highest BCUT2D eigenvalue weighted by molar-refractivity contribution is 6.38. The van der Waals surface area contributed by atoms with Crippen molar-refractivity contribution in [1.29, 1.82) is 0 Å². The van der Waals surface area contributed by atoms with Gasteiger partial charge in [-0.25, -0.2) is 0 Å². The minimum absolute atomic E-state index is 0.00417. The summed E-state index contributed by atoms with van der Waals surface area (Å²) in [4.78, 5) is 40.2. The van der Waals surface area contributed by atoms with E-state index in [9.17, 15) is 19.5 Å². The molecule has 2 unspecified atom stereocenters. The SMILES string of the molecule is CCCC(C(=O)C1CCCN1C(=O)C(=O)C(C)(C)CC)c1ccc(O)cc1. The van der Waals surface area contributed by atoms with Gasteiger partial charge in [0.15, 0.2) is 5.78 Å². The number of ketones is 2. The molecule has 1 aliphatic heterocycles. The maximum Gasteiger partial charge on any atom is 0.291 e. The van der Waals surface area contributed by atoms with Crippen LogP contribution in [0.25, 0.3) is 0 Å². The molecule has 1 fully saturated rings. The predicted molar refractivity (Wildman–Crippen MR) is 105 cm³/mol. The van der Waals surface area contributed by atoms with E-state index in [0.717, 1.165) is 18.4 Å². The third kappa shape index (κ3) is 4.57. The predicted octanol–water partition coefficient (Wildman–Crippen LogP) is 3.84. The average molecular weight is 373 g/mol. The number of phenols is 1. The number of Topliss-reactive ketones (excluding diaryl/α,β-unsaturated/α-hetero) is 2. The van der Waals surface area contributed by atoms with Gasteiger partial charge >= 0.3 is 0 Å². The van der Waals surface area contributed by atoms with Crippen LogP contribution < -0.4 is 0 Å². The molecule has 0 saturated carbocycles. The molecule has 1 aromatic rings. The molecule has 0 radical (unpaired) electrons. The van der Waals surface area contributed by atoms with E-state index in [0.29, 0.717) is 25.8 Å². The number of amides is 1. The molecule has 148 valence electrons. The number of hydrogen-bond acceptors (Lipinski definition) is 4. The summed E-state index contributed by atoms with van der Waals surface area (Å²) in [5, 5.41) is 9.52. The topological polar surface area (TPSA) is 74.7 Å². The maximum atomic E-state index is 13.3. The zero-order chi connectivity index (χ0) is 20.2. The van der Waals surface area contributed by atoms with E-state index in [1.54, 1.807) is 38.1 Å². The largest absolute Gasteiger partial charge is 0.508 e. The van der Waals surface area contributed by atoms with Crippen LogP contribution in [0.3, 0.4) is 0 Å². The van der Waals surface area contributed by atoms with Crippen LogP contribution in [0.5, 0.6) is 5.75 Å². The van der Waals surface area contributed by atoms with Crippen LogP contribution in [-0.2, 0) is 14.4 Å². The normalized spacial score (nSPS) is 18.4. The van der Waals surface area contributed by atoms with Crippen molar-refractivity contribution in [2.45, 2.75) is 71.8 Å². The molecule has 1 aromatic carbocycles. The second-order valence-corrected chi connectivity index (χ2v) is 8.06. The Labute approximate surface area is 161 Å². The third-order valence-corrected chi connectivity index (χ3v) is 5.75. The van der Waals surface area contributed by atoms with Gasteiger partial charge in [-0.2, -0.15) is 0 Å². The second-order valence-electron chi connectivity index (χ2n) is 8.06. The van der Waals surface area contributed by atoms with Crippen molar-refractivity contribution in [3.8, 4) is 5.75 Å². The summed E-state index contributed by atoms with van der Waals surface area (Å²) >= 11 is 0. The lowest BCUT2D eigenvalue weighted by Crippen LogP contribution is -2.48. The molecule has 27 heavy (non-hydrogen) atoms. The molecule has 2 rings (SSSR count). The fourth-order valence-electron chi connectivity index (χ4n) is 3.59. The van der Waals surface area contributed by atoms with Crippen LogP contribution in [0.2, 0.25) is 0 Å². The van der Waals surface area contributed by atoms with Gasteiger partial charge in [0.05, 0.1) is 6.04 Å².